The van der Waals surface area contributed by atoms with Crippen LogP contribution in [0.3, 0.4) is 0 Å². The molecule has 2 heterocycles. The number of ether oxygens (including phenoxy) is 1. The van der Waals surface area contributed by atoms with Gasteiger partial charge in [-0.05, 0) is 13.3 Å². The van der Waals surface area contributed by atoms with Gasteiger partial charge in [0.2, 0.25) is 0 Å². The lowest BCUT2D eigenvalue weighted by molar-refractivity contribution is 0.142. The van der Waals surface area contributed by atoms with Crippen molar-refractivity contribution in [1.29, 1.82) is 0 Å². The summed E-state index contributed by atoms with van der Waals surface area (Å²) in [5.41, 5.74) is 2.14. The molecule has 0 amide bonds. The van der Waals surface area contributed by atoms with Gasteiger partial charge in [0.25, 0.3) is 0 Å². The Morgan fingerprint density at radius 2 is 2.32 bits per heavy atom. The van der Waals surface area contributed by atoms with Crippen molar-refractivity contribution in [2.24, 2.45) is 0 Å². The van der Waals surface area contributed by atoms with Crippen LogP contribution in [0, 0.1) is 6.92 Å². The molecule has 19 heavy (non-hydrogen) atoms. The summed E-state index contributed by atoms with van der Waals surface area (Å²) in [7, 11) is 1.71. The van der Waals surface area contributed by atoms with Crippen molar-refractivity contribution < 1.29 is 4.74 Å². The summed E-state index contributed by atoms with van der Waals surface area (Å²) in [6, 6.07) is 4.66. The molecule has 0 radical (unpaired) electrons. The van der Waals surface area contributed by atoms with Crippen LogP contribution in [0.5, 0.6) is 5.75 Å². The SMILES string of the molecule is CCCC1CNCCN1Cc1cc(OC)cc(C)n1. The van der Waals surface area contributed by atoms with Crippen molar-refractivity contribution in [3.63, 3.8) is 0 Å². The molecule has 1 aromatic rings. The van der Waals surface area contributed by atoms with Gasteiger partial charge in [-0.25, -0.2) is 0 Å². The maximum Gasteiger partial charge on any atom is 0.122 e. The highest BCUT2D eigenvalue weighted by molar-refractivity contribution is 5.26. The Hall–Kier alpha value is -1.13. The molecule has 0 saturated carbocycles. The van der Waals surface area contributed by atoms with E-state index in [1.165, 1.54) is 12.8 Å². The van der Waals surface area contributed by atoms with Crippen LogP contribution in [0.25, 0.3) is 0 Å². The van der Waals surface area contributed by atoms with Gasteiger partial charge in [-0.2, -0.15) is 0 Å². The quantitative estimate of drug-likeness (QED) is 0.881. The number of nitrogens with one attached hydrogen (secondary N) is 1. The van der Waals surface area contributed by atoms with Crippen LogP contribution < -0.4 is 10.1 Å². The molecule has 1 aromatic heterocycles. The van der Waals surface area contributed by atoms with E-state index in [1.807, 2.05) is 13.0 Å². The van der Waals surface area contributed by atoms with Crippen LogP contribution in [0.2, 0.25) is 0 Å². The zero-order chi connectivity index (χ0) is 13.7. The van der Waals surface area contributed by atoms with E-state index in [1.54, 1.807) is 7.11 Å². The zero-order valence-corrected chi connectivity index (χ0v) is 12.3. The maximum atomic E-state index is 5.33. The second kappa shape index (κ2) is 6.87. The third-order valence-corrected chi connectivity index (χ3v) is 3.67. The average Bonchev–Trinajstić information content (AvgIpc) is 2.40. The molecule has 0 bridgehead atoms. The topological polar surface area (TPSA) is 37.4 Å². The fourth-order valence-electron chi connectivity index (χ4n) is 2.74. The van der Waals surface area contributed by atoms with Crippen LogP contribution >= 0.6 is 0 Å². The van der Waals surface area contributed by atoms with E-state index in [2.05, 4.69) is 28.2 Å². The number of hydrogen-bond acceptors (Lipinski definition) is 4. The lowest BCUT2D eigenvalue weighted by Crippen LogP contribution is -2.50. The maximum absolute atomic E-state index is 5.33. The van der Waals surface area contributed by atoms with E-state index >= 15 is 0 Å². The highest BCUT2D eigenvalue weighted by atomic mass is 16.5. The Morgan fingerprint density at radius 3 is 3.05 bits per heavy atom. The molecule has 1 aliphatic heterocycles. The fraction of sp³-hybridized carbons (Fsp3) is 0.667. The predicted octanol–water partition coefficient (Wildman–Crippen LogP) is 1.97. The Labute approximate surface area is 116 Å². The van der Waals surface area contributed by atoms with Gasteiger partial charge in [-0.15, -0.1) is 0 Å². The predicted molar refractivity (Wildman–Crippen MR) is 77.5 cm³/mol. The van der Waals surface area contributed by atoms with E-state index in [9.17, 15) is 0 Å². The van der Waals surface area contributed by atoms with Crippen LogP contribution in [0.1, 0.15) is 31.2 Å². The first-order valence-corrected chi connectivity index (χ1v) is 7.19. The summed E-state index contributed by atoms with van der Waals surface area (Å²) in [5, 5.41) is 3.48. The molecule has 1 fully saturated rings. The summed E-state index contributed by atoms with van der Waals surface area (Å²) in [6.45, 7) is 8.46. The Kier molecular flexibility index (Phi) is 5.16. The third-order valence-electron chi connectivity index (χ3n) is 3.67. The standard InChI is InChI=1S/C15H25N3O/c1-4-5-14-10-16-6-7-18(14)11-13-9-15(19-3)8-12(2)17-13/h8-9,14,16H,4-7,10-11H2,1-3H3. The molecule has 1 unspecified atom stereocenters. The summed E-state index contributed by atoms with van der Waals surface area (Å²) in [6.07, 6.45) is 2.48. The lowest BCUT2D eigenvalue weighted by atomic mass is 10.1. The summed E-state index contributed by atoms with van der Waals surface area (Å²) in [5.74, 6) is 0.907. The van der Waals surface area contributed by atoms with E-state index < -0.39 is 0 Å². The molecule has 1 aliphatic rings. The molecule has 1 saturated heterocycles. The minimum Gasteiger partial charge on any atom is -0.497 e. The summed E-state index contributed by atoms with van der Waals surface area (Å²) >= 11 is 0. The number of nitrogens with zero attached hydrogens (tertiary/aromatic N) is 2. The van der Waals surface area contributed by atoms with Gasteiger partial charge in [-0.1, -0.05) is 13.3 Å². The van der Waals surface area contributed by atoms with E-state index in [-0.39, 0.29) is 0 Å². The molecule has 106 valence electrons. The minimum absolute atomic E-state index is 0.632. The van der Waals surface area contributed by atoms with Gasteiger partial charge in [0, 0.05) is 50.0 Å². The Balaban J connectivity index is 2.07. The van der Waals surface area contributed by atoms with Crippen LogP contribution in [-0.2, 0) is 6.54 Å². The summed E-state index contributed by atoms with van der Waals surface area (Å²) in [4.78, 5) is 7.17. The largest absolute Gasteiger partial charge is 0.497 e. The van der Waals surface area contributed by atoms with E-state index in [4.69, 9.17) is 4.74 Å². The van der Waals surface area contributed by atoms with Gasteiger partial charge < -0.3 is 10.1 Å². The monoisotopic (exact) mass is 263 g/mol. The molecule has 1 N–H and O–H groups in total. The number of aromatic nitrogens is 1. The summed E-state index contributed by atoms with van der Waals surface area (Å²) < 4.78 is 5.33. The fourth-order valence-corrected chi connectivity index (χ4v) is 2.74. The Morgan fingerprint density at radius 1 is 1.47 bits per heavy atom. The molecule has 0 aliphatic carbocycles. The van der Waals surface area contributed by atoms with Crippen molar-refractivity contribution in [3.8, 4) is 5.75 Å². The molecular weight excluding hydrogens is 238 g/mol. The number of piperazine rings is 1. The number of pyridine rings is 1. The van der Waals surface area contributed by atoms with Gasteiger partial charge >= 0.3 is 0 Å². The van der Waals surface area contributed by atoms with Crippen LogP contribution in [-0.4, -0.2) is 42.7 Å². The first-order chi connectivity index (χ1) is 9.22. The highest BCUT2D eigenvalue weighted by Gasteiger charge is 2.21. The minimum atomic E-state index is 0.632. The van der Waals surface area contributed by atoms with E-state index in [0.29, 0.717) is 6.04 Å². The van der Waals surface area contributed by atoms with Crippen molar-refractivity contribution in [3.05, 3.63) is 23.5 Å². The highest BCUT2D eigenvalue weighted by Crippen LogP contribution is 2.17. The molecular formula is C15H25N3O. The van der Waals surface area contributed by atoms with Crippen molar-refractivity contribution in [1.82, 2.24) is 15.2 Å². The van der Waals surface area contributed by atoms with Gasteiger partial charge in [0.1, 0.15) is 5.75 Å². The normalized spacial score (nSPS) is 20.5. The first kappa shape index (κ1) is 14.3. The lowest BCUT2D eigenvalue weighted by Gasteiger charge is -2.36. The second-order valence-electron chi connectivity index (χ2n) is 5.26. The van der Waals surface area contributed by atoms with Crippen LogP contribution in [0.4, 0.5) is 0 Å². The number of aryl methyl sites for hydroxylation is 1. The zero-order valence-electron chi connectivity index (χ0n) is 12.3. The molecule has 4 nitrogen and oxygen atoms in total. The van der Waals surface area contributed by atoms with Gasteiger partial charge in [0.15, 0.2) is 0 Å². The first-order valence-electron chi connectivity index (χ1n) is 7.19. The molecule has 0 aromatic carbocycles. The van der Waals surface area contributed by atoms with Crippen molar-refractivity contribution in [2.75, 3.05) is 26.7 Å². The van der Waals surface area contributed by atoms with Gasteiger partial charge in [-0.3, -0.25) is 9.88 Å². The molecule has 0 spiro atoms. The van der Waals surface area contributed by atoms with Gasteiger partial charge in [0.05, 0.1) is 12.8 Å². The van der Waals surface area contributed by atoms with Crippen molar-refractivity contribution >= 4 is 0 Å². The van der Waals surface area contributed by atoms with Crippen molar-refractivity contribution in [2.45, 2.75) is 39.3 Å². The van der Waals surface area contributed by atoms with E-state index in [0.717, 1.165) is 43.3 Å². The molecule has 1 atom stereocenters. The van der Waals surface area contributed by atoms with Crippen LogP contribution in [0.15, 0.2) is 12.1 Å². The molecule has 4 heteroatoms. The smallest absolute Gasteiger partial charge is 0.122 e. The number of methoxy groups -OCH3 is 1. The number of rotatable bonds is 5. The third kappa shape index (κ3) is 3.91. The molecule has 2 rings (SSSR count). The average molecular weight is 263 g/mol. The second-order valence-corrected chi connectivity index (χ2v) is 5.26. The Bertz CT molecular complexity index is 406. The number of hydrogen-bond donors (Lipinski definition) is 1.